The van der Waals surface area contributed by atoms with E-state index in [1.807, 2.05) is 0 Å². The highest BCUT2D eigenvalue weighted by molar-refractivity contribution is 6.39. The Hall–Kier alpha value is -3.29. The second kappa shape index (κ2) is 8.61. The van der Waals surface area contributed by atoms with Crippen LogP contribution in [0.2, 0.25) is 10.0 Å². The molecule has 2 aromatic heterocycles. The van der Waals surface area contributed by atoms with Crippen molar-refractivity contribution in [1.29, 1.82) is 0 Å². The van der Waals surface area contributed by atoms with E-state index in [0.717, 1.165) is 0 Å². The number of carbonyl (C=O) groups is 1. The molecule has 0 unspecified atom stereocenters. The predicted molar refractivity (Wildman–Crippen MR) is 112 cm³/mol. The molecule has 30 heavy (non-hydrogen) atoms. The molecule has 2 aromatic carbocycles. The van der Waals surface area contributed by atoms with Gasteiger partial charge in [0.1, 0.15) is 17.8 Å². The van der Waals surface area contributed by atoms with Gasteiger partial charge in [-0.2, -0.15) is 0 Å². The first-order chi connectivity index (χ1) is 14.5. The number of amides is 1. The number of halogens is 3. The first kappa shape index (κ1) is 20.0. The number of carbonyl (C=O) groups excluding carboxylic acids is 1. The van der Waals surface area contributed by atoms with Gasteiger partial charge in [0.25, 0.3) is 0 Å². The second-order valence-electron chi connectivity index (χ2n) is 6.24. The van der Waals surface area contributed by atoms with Crippen molar-refractivity contribution in [3.63, 3.8) is 0 Å². The number of rotatable bonds is 5. The van der Waals surface area contributed by atoms with Crippen LogP contribution in [-0.4, -0.2) is 21.0 Å². The molecule has 9 heteroatoms. The average molecular weight is 443 g/mol. The van der Waals surface area contributed by atoms with Crippen LogP contribution in [0.4, 0.5) is 10.3 Å². The van der Waals surface area contributed by atoms with Crippen molar-refractivity contribution in [3.05, 3.63) is 82.5 Å². The minimum atomic E-state index is -0.483. The Kier molecular flexibility index (Phi) is 5.74. The zero-order valence-electron chi connectivity index (χ0n) is 15.3. The van der Waals surface area contributed by atoms with Crippen LogP contribution in [0.3, 0.4) is 0 Å². The van der Waals surface area contributed by atoms with E-state index in [0.29, 0.717) is 32.6 Å². The highest BCUT2D eigenvalue weighted by Crippen LogP contribution is 2.42. The quantitative estimate of drug-likeness (QED) is 0.445. The van der Waals surface area contributed by atoms with E-state index in [2.05, 4.69) is 20.4 Å². The zero-order valence-corrected chi connectivity index (χ0v) is 16.8. The molecule has 6 nitrogen and oxygen atoms in total. The zero-order chi connectivity index (χ0) is 21.1. The van der Waals surface area contributed by atoms with Crippen LogP contribution in [0.25, 0.3) is 22.5 Å². The number of anilines is 1. The van der Waals surface area contributed by atoms with Gasteiger partial charge in [-0.05, 0) is 29.8 Å². The summed E-state index contributed by atoms with van der Waals surface area (Å²) < 4.78 is 19.3. The van der Waals surface area contributed by atoms with E-state index in [9.17, 15) is 9.18 Å². The Bertz CT molecular complexity index is 1190. The SMILES string of the molecule is O=C(Cc1ccccc1F)Nc1onc(-c2c(Cl)cccc2Cl)c1-c1ccncn1. The van der Waals surface area contributed by atoms with Crippen molar-refractivity contribution in [2.45, 2.75) is 6.42 Å². The van der Waals surface area contributed by atoms with Crippen molar-refractivity contribution < 1.29 is 13.7 Å². The highest BCUT2D eigenvalue weighted by atomic mass is 35.5. The lowest BCUT2D eigenvalue weighted by Gasteiger charge is -2.08. The van der Waals surface area contributed by atoms with E-state index in [-0.39, 0.29) is 17.9 Å². The topological polar surface area (TPSA) is 80.9 Å². The van der Waals surface area contributed by atoms with E-state index >= 15 is 0 Å². The Balaban J connectivity index is 1.75. The summed E-state index contributed by atoms with van der Waals surface area (Å²) in [5, 5.41) is 7.42. The maximum Gasteiger partial charge on any atom is 0.241 e. The predicted octanol–water partition coefficient (Wildman–Crippen LogP) is 5.43. The van der Waals surface area contributed by atoms with Gasteiger partial charge in [-0.15, -0.1) is 0 Å². The van der Waals surface area contributed by atoms with Crippen LogP contribution in [0.5, 0.6) is 0 Å². The fraction of sp³-hybridized carbons (Fsp3) is 0.0476. The maximum atomic E-state index is 13.9. The van der Waals surface area contributed by atoms with Crippen LogP contribution < -0.4 is 5.32 Å². The molecule has 0 spiro atoms. The Morgan fingerprint density at radius 2 is 1.80 bits per heavy atom. The highest BCUT2D eigenvalue weighted by Gasteiger charge is 2.25. The van der Waals surface area contributed by atoms with Crippen LogP contribution in [0.1, 0.15) is 5.56 Å². The largest absolute Gasteiger partial charge is 0.337 e. The van der Waals surface area contributed by atoms with Gasteiger partial charge >= 0.3 is 0 Å². The summed E-state index contributed by atoms with van der Waals surface area (Å²) in [6.45, 7) is 0. The summed E-state index contributed by atoms with van der Waals surface area (Å²) in [4.78, 5) is 20.7. The summed E-state index contributed by atoms with van der Waals surface area (Å²) in [6, 6.07) is 12.7. The lowest BCUT2D eigenvalue weighted by Crippen LogP contribution is -2.15. The Morgan fingerprint density at radius 3 is 2.50 bits per heavy atom. The van der Waals surface area contributed by atoms with Crippen LogP contribution in [0.15, 0.2) is 65.6 Å². The number of benzene rings is 2. The average Bonchev–Trinajstić information content (AvgIpc) is 3.13. The molecule has 0 saturated heterocycles. The van der Waals surface area contributed by atoms with Gasteiger partial charge in [-0.3, -0.25) is 10.1 Å². The van der Waals surface area contributed by atoms with Crippen molar-refractivity contribution in [2.24, 2.45) is 0 Å². The summed E-state index contributed by atoms with van der Waals surface area (Å²) >= 11 is 12.7. The molecular formula is C21H13Cl2FN4O2. The molecule has 2 heterocycles. The van der Waals surface area contributed by atoms with Crippen LogP contribution in [0, 0.1) is 5.82 Å². The van der Waals surface area contributed by atoms with Gasteiger partial charge in [0.05, 0.1) is 27.7 Å². The van der Waals surface area contributed by atoms with E-state index < -0.39 is 11.7 Å². The van der Waals surface area contributed by atoms with Gasteiger partial charge in [-0.25, -0.2) is 14.4 Å². The third-order valence-corrected chi connectivity index (χ3v) is 4.92. The van der Waals surface area contributed by atoms with E-state index in [1.165, 1.54) is 24.7 Å². The molecular weight excluding hydrogens is 430 g/mol. The standard InChI is InChI=1S/C21H13Cl2FN4O2/c22-13-5-3-6-14(23)18(13)20-19(16-8-9-25-11-26-16)21(30-28-20)27-17(29)10-12-4-1-2-7-15(12)24/h1-9,11H,10H2,(H,27,29). The van der Waals surface area contributed by atoms with Crippen LogP contribution >= 0.6 is 23.2 Å². The molecule has 1 amide bonds. The third-order valence-electron chi connectivity index (χ3n) is 4.29. The molecule has 0 aliphatic carbocycles. The van der Waals surface area contributed by atoms with Gasteiger partial charge in [0.15, 0.2) is 0 Å². The molecule has 0 bridgehead atoms. The molecule has 0 aliphatic heterocycles. The molecule has 0 aliphatic rings. The first-order valence-electron chi connectivity index (χ1n) is 8.78. The van der Waals surface area contributed by atoms with Crippen LogP contribution in [-0.2, 0) is 11.2 Å². The number of aromatic nitrogens is 3. The van der Waals surface area contributed by atoms with Crippen molar-refractivity contribution >= 4 is 35.0 Å². The molecule has 4 aromatic rings. The second-order valence-corrected chi connectivity index (χ2v) is 7.06. The molecule has 0 atom stereocenters. The van der Waals surface area contributed by atoms with Gasteiger partial charge in [-0.1, -0.05) is 52.6 Å². The van der Waals surface area contributed by atoms with E-state index in [1.54, 1.807) is 36.4 Å². The Morgan fingerprint density at radius 1 is 1.03 bits per heavy atom. The van der Waals surface area contributed by atoms with Gasteiger partial charge in [0.2, 0.25) is 11.8 Å². The molecule has 0 radical (unpaired) electrons. The summed E-state index contributed by atoms with van der Waals surface area (Å²) in [5.74, 6) is -0.908. The van der Waals surface area contributed by atoms with E-state index in [4.69, 9.17) is 27.7 Å². The number of nitrogens with zero attached hydrogens (tertiary/aromatic N) is 3. The van der Waals surface area contributed by atoms with Crippen molar-refractivity contribution in [2.75, 3.05) is 5.32 Å². The third kappa shape index (κ3) is 4.03. The maximum absolute atomic E-state index is 13.9. The normalized spacial score (nSPS) is 10.8. The molecule has 0 saturated carbocycles. The fourth-order valence-electron chi connectivity index (χ4n) is 2.93. The number of hydrogen-bond acceptors (Lipinski definition) is 5. The first-order valence-corrected chi connectivity index (χ1v) is 9.54. The Labute approximate surface area is 180 Å². The van der Waals surface area contributed by atoms with Gasteiger partial charge in [0, 0.05) is 11.8 Å². The molecule has 1 N–H and O–H groups in total. The monoisotopic (exact) mass is 442 g/mol. The van der Waals surface area contributed by atoms with Gasteiger partial charge < -0.3 is 4.52 Å². The summed E-state index contributed by atoms with van der Waals surface area (Å²) in [5.41, 5.74) is 1.83. The van der Waals surface area contributed by atoms with Crippen molar-refractivity contribution in [1.82, 2.24) is 15.1 Å². The number of hydrogen-bond donors (Lipinski definition) is 1. The lowest BCUT2D eigenvalue weighted by atomic mass is 10.0. The summed E-state index contributed by atoms with van der Waals surface area (Å²) in [7, 11) is 0. The summed E-state index contributed by atoms with van der Waals surface area (Å²) in [6.07, 6.45) is 2.71. The molecule has 4 rings (SSSR count). The van der Waals surface area contributed by atoms with Crippen molar-refractivity contribution in [3.8, 4) is 22.5 Å². The number of nitrogens with one attached hydrogen (secondary N) is 1. The smallest absolute Gasteiger partial charge is 0.241 e. The minimum Gasteiger partial charge on any atom is -0.337 e. The fourth-order valence-corrected chi connectivity index (χ4v) is 3.51. The lowest BCUT2D eigenvalue weighted by molar-refractivity contribution is -0.115. The molecule has 150 valence electrons. The minimum absolute atomic E-state index is 0.0426. The molecule has 0 fully saturated rings.